The van der Waals surface area contributed by atoms with Gasteiger partial charge in [0.1, 0.15) is 5.75 Å². The Kier molecular flexibility index (Phi) is 3.78. The number of hydrogen-bond donors (Lipinski definition) is 0. The molecule has 0 aliphatic carbocycles. The second-order valence-electron chi connectivity index (χ2n) is 4.23. The maximum atomic E-state index is 12.2. The predicted octanol–water partition coefficient (Wildman–Crippen LogP) is 3.43. The third-order valence-corrected chi connectivity index (χ3v) is 2.99. The molecule has 0 radical (unpaired) electrons. The zero-order chi connectivity index (χ0) is 13.0. The van der Waals surface area contributed by atoms with Crippen LogP contribution < -0.4 is 4.74 Å². The largest absolute Gasteiger partial charge is 0.496 e. The Morgan fingerprint density at radius 1 is 1.06 bits per heavy atom. The molecule has 0 spiro atoms. The number of hydrogen-bond acceptors (Lipinski definition) is 2. The highest BCUT2D eigenvalue weighted by Gasteiger charge is 2.11. The summed E-state index contributed by atoms with van der Waals surface area (Å²) in [6, 6.07) is 15.3. The van der Waals surface area contributed by atoms with Gasteiger partial charge in [0.15, 0.2) is 5.78 Å². The third kappa shape index (κ3) is 2.59. The minimum absolute atomic E-state index is 0.123. The topological polar surface area (TPSA) is 26.3 Å². The lowest BCUT2D eigenvalue weighted by Gasteiger charge is -2.08. The molecule has 0 aliphatic rings. The first-order valence-corrected chi connectivity index (χ1v) is 5.93. The number of methoxy groups -OCH3 is 1. The molecule has 2 rings (SSSR count). The molecule has 0 heterocycles. The van der Waals surface area contributed by atoms with Crippen LogP contribution in [0.15, 0.2) is 48.5 Å². The van der Waals surface area contributed by atoms with Crippen molar-refractivity contribution in [3.63, 3.8) is 0 Å². The van der Waals surface area contributed by atoms with Gasteiger partial charge in [-0.3, -0.25) is 4.79 Å². The van der Waals surface area contributed by atoms with E-state index in [-0.39, 0.29) is 5.78 Å². The molecular formula is C16H16O2. The summed E-state index contributed by atoms with van der Waals surface area (Å²) in [5.41, 5.74) is 2.72. The number of para-hydroxylation sites is 1. The molecule has 2 heteroatoms. The van der Waals surface area contributed by atoms with Crippen LogP contribution in [0.2, 0.25) is 0 Å². The molecule has 92 valence electrons. The van der Waals surface area contributed by atoms with Crippen LogP contribution in [-0.2, 0) is 6.42 Å². The average molecular weight is 240 g/mol. The van der Waals surface area contributed by atoms with Crippen molar-refractivity contribution in [3.05, 3.63) is 65.2 Å². The van der Waals surface area contributed by atoms with Crippen LogP contribution in [0, 0.1) is 6.92 Å². The van der Waals surface area contributed by atoms with Gasteiger partial charge >= 0.3 is 0 Å². The molecule has 0 aliphatic heterocycles. The zero-order valence-electron chi connectivity index (χ0n) is 10.6. The van der Waals surface area contributed by atoms with Gasteiger partial charge in [0.25, 0.3) is 0 Å². The maximum Gasteiger partial charge on any atom is 0.167 e. The molecule has 2 aromatic rings. The quantitative estimate of drug-likeness (QED) is 0.765. The van der Waals surface area contributed by atoms with Crippen molar-refractivity contribution in [2.45, 2.75) is 13.3 Å². The monoisotopic (exact) mass is 240 g/mol. The van der Waals surface area contributed by atoms with E-state index >= 15 is 0 Å². The van der Waals surface area contributed by atoms with Crippen molar-refractivity contribution in [1.82, 2.24) is 0 Å². The summed E-state index contributed by atoms with van der Waals surface area (Å²) in [6.45, 7) is 1.95. The number of carbonyl (C=O) groups is 1. The molecule has 0 aromatic heterocycles. The van der Waals surface area contributed by atoms with E-state index in [0.29, 0.717) is 6.42 Å². The van der Waals surface area contributed by atoms with Gasteiger partial charge in [-0.25, -0.2) is 0 Å². The first kappa shape index (κ1) is 12.4. The van der Waals surface area contributed by atoms with Crippen molar-refractivity contribution >= 4 is 5.78 Å². The fourth-order valence-electron chi connectivity index (χ4n) is 2.00. The van der Waals surface area contributed by atoms with E-state index in [0.717, 1.165) is 22.4 Å². The van der Waals surface area contributed by atoms with Crippen LogP contribution in [0.5, 0.6) is 5.75 Å². The van der Waals surface area contributed by atoms with Crippen LogP contribution in [0.4, 0.5) is 0 Å². The summed E-state index contributed by atoms with van der Waals surface area (Å²) in [7, 11) is 1.62. The summed E-state index contributed by atoms with van der Waals surface area (Å²) in [6.07, 6.45) is 0.370. The Labute approximate surface area is 107 Å². The number of ether oxygens (including phenoxy) is 1. The number of rotatable bonds is 4. The molecule has 2 nitrogen and oxygen atoms in total. The first-order valence-electron chi connectivity index (χ1n) is 5.93. The molecule has 0 bridgehead atoms. The number of aryl methyl sites for hydroxylation is 1. The van der Waals surface area contributed by atoms with Gasteiger partial charge in [-0.15, -0.1) is 0 Å². The molecular weight excluding hydrogens is 224 g/mol. The normalized spacial score (nSPS) is 10.1. The van der Waals surface area contributed by atoms with E-state index in [1.54, 1.807) is 7.11 Å². The maximum absolute atomic E-state index is 12.2. The third-order valence-electron chi connectivity index (χ3n) is 2.99. The summed E-state index contributed by atoms with van der Waals surface area (Å²) in [5.74, 6) is 0.886. The Balaban J connectivity index is 2.24. The number of ketones is 1. The second-order valence-corrected chi connectivity index (χ2v) is 4.23. The number of carbonyl (C=O) groups excluding carboxylic acids is 1. The second kappa shape index (κ2) is 5.50. The van der Waals surface area contributed by atoms with Gasteiger partial charge in [0, 0.05) is 17.5 Å². The van der Waals surface area contributed by atoms with Crippen LogP contribution in [0.3, 0.4) is 0 Å². The van der Waals surface area contributed by atoms with E-state index in [4.69, 9.17) is 4.74 Å². The van der Waals surface area contributed by atoms with E-state index < -0.39 is 0 Å². The Morgan fingerprint density at radius 2 is 1.72 bits per heavy atom. The first-order chi connectivity index (χ1) is 8.72. The smallest absolute Gasteiger partial charge is 0.167 e. The molecule has 0 atom stereocenters. The lowest BCUT2D eigenvalue weighted by atomic mass is 9.99. The van der Waals surface area contributed by atoms with E-state index in [1.807, 2.05) is 55.5 Å². The van der Waals surface area contributed by atoms with Crippen molar-refractivity contribution in [2.75, 3.05) is 7.11 Å². The molecule has 0 fully saturated rings. The van der Waals surface area contributed by atoms with Crippen LogP contribution in [0.1, 0.15) is 21.5 Å². The number of benzene rings is 2. The highest BCUT2D eigenvalue weighted by molar-refractivity contribution is 5.99. The summed E-state index contributed by atoms with van der Waals surface area (Å²) >= 11 is 0. The van der Waals surface area contributed by atoms with Gasteiger partial charge in [0.2, 0.25) is 0 Å². The highest BCUT2D eigenvalue weighted by Crippen LogP contribution is 2.20. The molecule has 0 unspecified atom stereocenters. The summed E-state index contributed by atoms with van der Waals surface area (Å²) in [4.78, 5) is 12.2. The lowest BCUT2D eigenvalue weighted by molar-refractivity contribution is 0.0991. The Morgan fingerprint density at radius 3 is 2.44 bits per heavy atom. The standard InChI is InChI=1S/C16H16O2/c1-12-7-3-5-9-14(12)15(17)11-13-8-4-6-10-16(13)18-2/h3-10H,11H2,1-2H3. The van der Waals surface area contributed by atoms with Crippen LogP contribution in [0.25, 0.3) is 0 Å². The zero-order valence-corrected chi connectivity index (χ0v) is 10.6. The van der Waals surface area contributed by atoms with E-state index in [9.17, 15) is 4.79 Å². The minimum atomic E-state index is 0.123. The Bertz CT molecular complexity index is 559. The lowest BCUT2D eigenvalue weighted by Crippen LogP contribution is -2.06. The van der Waals surface area contributed by atoms with Crippen molar-refractivity contribution < 1.29 is 9.53 Å². The van der Waals surface area contributed by atoms with Crippen LogP contribution >= 0.6 is 0 Å². The van der Waals surface area contributed by atoms with Crippen molar-refractivity contribution in [1.29, 1.82) is 0 Å². The Hall–Kier alpha value is -2.09. The fraction of sp³-hybridized carbons (Fsp3) is 0.188. The van der Waals surface area contributed by atoms with Gasteiger partial charge in [0.05, 0.1) is 7.11 Å². The van der Waals surface area contributed by atoms with Crippen molar-refractivity contribution in [3.8, 4) is 5.75 Å². The molecule has 0 amide bonds. The fourth-order valence-corrected chi connectivity index (χ4v) is 2.00. The van der Waals surface area contributed by atoms with Gasteiger partial charge in [-0.1, -0.05) is 42.5 Å². The summed E-state index contributed by atoms with van der Waals surface area (Å²) in [5, 5.41) is 0. The molecule has 0 saturated carbocycles. The van der Waals surface area contributed by atoms with Crippen LogP contribution in [-0.4, -0.2) is 12.9 Å². The minimum Gasteiger partial charge on any atom is -0.496 e. The molecule has 18 heavy (non-hydrogen) atoms. The highest BCUT2D eigenvalue weighted by atomic mass is 16.5. The van der Waals surface area contributed by atoms with Gasteiger partial charge in [-0.2, -0.15) is 0 Å². The average Bonchev–Trinajstić information content (AvgIpc) is 2.39. The predicted molar refractivity (Wildman–Crippen MR) is 72.2 cm³/mol. The van der Waals surface area contributed by atoms with E-state index in [1.165, 1.54) is 0 Å². The number of Topliss-reactive ketones (excluding diaryl/α,β-unsaturated/α-hetero) is 1. The summed E-state index contributed by atoms with van der Waals surface area (Å²) < 4.78 is 5.26. The molecule has 2 aromatic carbocycles. The molecule has 0 saturated heterocycles. The van der Waals surface area contributed by atoms with E-state index in [2.05, 4.69) is 0 Å². The van der Waals surface area contributed by atoms with Crippen molar-refractivity contribution in [2.24, 2.45) is 0 Å². The van der Waals surface area contributed by atoms with Gasteiger partial charge < -0.3 is 4.74 Å². The van der Waals surface area contributed by atoms with Gasteiger partial charge in [-0.05, 0) is 18.6 Å². The SMILES string of the molecule is COc1ccccc1CC(=O)c1ccccc1C. The molecule has 0 N–H and O–H groups in total.